The van der Waals surface area contributed by atoms with Crippen LogP contribution in [0.25, 0.3) is 0 Å². The van der Waals surface area contributed by atoms with Gasteiger partial charge in [-0.1, -0.05) is 60.7 Å². The van der Waals surface area contributed by atoms with Crippen LogP contribution in [-0.2, 0) is 41.6 Å². The Morgan fingerprint density at radius 1 is 0.644 bits per heavy atom. The van der Waals surface area contributed by atoms with E-state index in [1.165, 1.54) is 0 Å². The number of nitrogens with one attached hydrogen (secondary N) is 4. The molecule has 1 unspecified atom stereocenters. The van der Waals surface area contributed by atoms with Crippen molar-refractivity contribution >= 4 is 23.6 Å². The predicted octanol–water partition coefficient (Wildman–Crippen LogP) is 0.313. The lowest BCUT2D eigenvalue weighted by atomic mass is 9.74. The maximum absolute atomic E-state index is 13.7. The molecule has 0 saturated heterocycles. The van der Waals surface area contributed by atoms with Crippen LogP contribution in [0.3, 0.4) is 0 Å². The van der Waals surface area contributed by atoms with Gasteiger partial charge in [-0.25, -0.2) is 0 Å². The van der Waals surface area contributed by atoms with Crippen molar-refractivity contribution in [1.82, 2.24) is 21.3 Å². The quantitative estimate of drug-likeness (QED) is 0.121. The van der Waals surface area contributed by atoms with E-state index in [0.717, 1.165) is 11.1 Å². The van der Waals surface area contributed by atoms with Crippen LogP contribution in [0.5, 0.6) is 0 Å². The minimum Gasteiger partial charge on any atom is -0.394 e. The summed E-state index contributed by atoms with van der Waals surface area (Å²) in [6, 6.07) is 18.0. The number of carbonyl (C=O) groups is 4. The van der Waals surface area contributed by atoms with E-state index in [-0.39, 0.29) is 96.1 Å². The molecular formula is C33H46N4O8. The van der Waals surface area contributed by atoms with E-state index in [2.05, 4.69) is 21.3 Å². The van der Waals surface area contributed by atoms with Gasteiger partial charge < -0.3 is 41.0 Å². The lowest BCUT2D eigenvalue weighted by Gasteiger charge is -2.33. The van der Waals surface area contributed by atoms with Crippen molar-refractivity contribution in [3.8, 4) is 0 Å². The molecule has 4 atom stereocenters. The van der Waals surface area contributed by atoms with Crippen molar-refractivity contribution in [2.45, 2.75) is 38.3 Å². The highest BCUT2D eigenvalue weighted by Gasteiger charge is 2.39. The number of hydrogen-bond acceptors (Lipinski definition) is 8. The third-order valence-corrected chi connectivity index (χ3v) is 7.61. The summed E-state index contributed by atoms with van der Waals surface area (Å²) < 4.78 is 10.4. The third-order valence-electron chi connectivity index (χ3n) is 7.61. The van der Waals surface area contributed by atoms with E-state index in [1.54, 1.807) is 0 Å². The molecule has 1 fully saturated rings. The summed E-state index contributed by atoms with van der Waals surface area (Å²) in [5.74, 6) is -3.18. The Hall–Kier alpha value is -3.84. The molecule has 1 aliphatic carbocycles. The lowest BCUT2D eigenvalue weighted by molar-refractivity contribution is -0.137. The van der Waals surface area contributed by atoms with Crippen LogP contribution in [-0.4, -0.2) is 92.6 Å². The number of hydrogen-bond donors (Lipinski definition) is 6. The topological polar surface area (TPSA) is 175 Å². The Morgan fingerprint density at radius 2 is 1.11 bits per heavy atom. The van der Waals surface area contributed by atoms with E-state index >= 15 is 0 Å². The average Bonchev–Trinajstić information content (AvgIpc) is 3.07. The Morgan fingerprint density at radius 3 is 1.60 bits per heavy atom. The first-order valence-corrected chi connectivity index (χ1v) is 15.5. The standard InChI is InChI=1S/C33H46N4O8/c38-13-17-44-15-11-34-30(40)26-20-27(31(41)35-12-16-45-18-14-39)22-28(21-26)32(42)37-29(19-24-7-3-1-4-8-24)33(43)36-23-25-9-5-2-6-10-25/h1-10,26-29,38-39H,11-23H2,(H,34,40)(H,35,41)(H,36,43)(H,37,42)/t26-,27+,28?,29-/m0/s1. The van der Waals surface area contributed by atoms with Crippen LogP contribution in [0.1, 0.15) is 30.4 Å². The zero-order valence-electron chi connectivity index (χ0n) is 25.6. The number of benzene rings is 2. The van der Waals surface area contributed by atoms with Gasteiger partial charge in [0.2, 0.25) is 23.6 Å². The molecule has 0 spiro atoms. The van der Waals surface area contributed by atoms with Crippen molar-refractivity contribution < 1.29 is 38.9 Å². The van der Waals surface area contributed by atoms with Gasteiger partial charge >= 0.3 is 0 Å². The molecule has 2 aromatic rings. The van der Waals surface area contributed by atoms with Crippen LogP contribution in [0.2, 0.25) is 0 Å². The SMILES string of the molecule is O=C(N[C@@H](Cc1ccccc1)C(=O)NCc1ccccc1)C1C[C@@H](C(=O)NCCOCCO)C[C@@H](C(=O)NCCOCCO)C1. The molecule has 12 nitrogen and oxygen atoms in total. The summed E-state index contributed by atoms with van der Waals surface area (Å²) in [6.07, 6.45) is 0.987. The van der Waals surface area contributed by atoms with Gasteiger partial charge in [-0.15, -0.1) is 0 Å². The molecule has 0 heterocycles. The summed E-state index contributed by atoms with van der Waals surface area (Å²) in [6.45, 7) is 1.29. The molecule has 0 aromatic heterocycles. The molecule has 0 aliphatic heterocycles. The zero-order valence-corrected chi connectivity index (χ0v) is 25.6. The van der Waals surface area contributed by atoms with E-state index < -0.39 is 29.7 Å². The highest BCUT2D eigenvalue weighted by atomic mass is 16.5. The number of ether oxygens (including phenoxy) is 2. The van der Waals surface area contributed by atoms with Crippen molar-refractivity contribution in [2.75, 3.05) is 52.7 Å². The molecule has 45 heavy (non-hydrogen) atoms. The molecule has 1 aliphatic rings. The fourth-order valence-corrected chi connectivity index (χ4v) is 5.33. The Labute approximate surface area is 264 Å². The molecule has 0 radical (unpaired) electrons. The van der Waals surface area contributed by atoms with E-state index in [9.17, 15) is 19.2 Å². The summed E-state index contributed by atoms with van der Waals surface area (Å²) >= 11 is 0. The van der Waals surface area contributed by atoms with Gasteiger partial charge in [-0.05, 0) is 30.4 Å². The molecule has 12 heteroatoms. The minimum absolute atomic E-state index is 0.120. The van der Waals surface area contributed by atoms with E-state index in [0.29, 0.717) is 6.54 Å². The second kappa shape index (κ2) is 20.2. The van der Waals surface area contributed by atoms with Crippen molar-refractivity contribution in [1.29, 1.82) is 0 Å². The molecular weight excluding hydrogens is 580 g/mol. The second-order valence-electron chi connectivity index (χ2n) is 11.0. The summed E-state index contributed by atoms with van der Waals surface area (Å²) in [7, 11) is 0. The lowest BCUT2D eigenvalue weighted by Crippen LogP contribution is -2.51. The van der Waals surface area contributed by atoms with Crippen LogP contribution in [0.4, 0.5) is 0 Å². The number of aliphatic hydroxyl groups excluding tert-OH is 2. The normalized spacial score (nSPS) is 18.4. The molecule has 0 bridgehead atoms. The fraction of sp³-hybridized carbons (Fsp3) is 0.515. The van der Waals surface area contributed by atoms with E-state index in [1.807, 2.05) is 60.7 Å². The Kier molecular flexibility index (Phi) is 16.0. The maximum Gasteiger partial charge on any atom is 0.243 e. The summed E-state index contributed by atoms with van der Waals surface area (Å²) in [5, 5.41) is 29.2. The van der Waals surface area contributed by atoms with Gasteiger partial charge in [0.15, 0.2) is 0 Å². The molecule has 4 amide bonds. The third kappa shape index (κ3) is 13.0. The van der Waals surface area contributed by atoms with Crippen molar-refractivity contribution in [2.24, 2.45) is 17.8 Å². The first-order chi connectivity index (χ1) is 21.9. The summed E-state index contributed by atoms with van der Waals surface area (Å²) in [4.78, 5) is 53.3. The zero-order chi connectivity index (χ0) is 32.3. The first kappa shape index (κ1) is 35.6. The van der Waals surface area contributed by atoms with Gasteiger partial charge in [-0.3, -0.25) is 19.2 Å². The highest BCUT2D eigenvalue weighted by molar-refractivity contribution is 5.90. The molecule has 246 valence electrons. The van der Waals surface area contributed by atoms with Crippen molar-refractivity contribution in [3.05, 3.63) is 71.8 Å². The smallest absolute Gasteiger partial charge is 0.243 e. The summed E-state index contributed by atoms with van der Waals surface area (Å²) in [5.41, 5.74) is 1.80. The van der Waals surface area contributed by atoms with Crippen LogP contribution in [0, 0.1) is 17.8 Å². The van der Waals surface area contributed by atoms with E-state index in [4.69, 9.17) is 19.7 Å². The largest absolute Gasteiger partial charge is 0.394 e. The number of rotatable bonds is 19. The van der Waals surface area contributed by atoms with Gasteiger partial charge in [-0.2, -0.15) is 0 Å². The fourth-order valence-electron chi connectivity index (χ4n) is 5.33. The molecule has 3 rings (SSSR count). The van der Waals surface area contributed by atoms with Gasteiger partial charge in [0.1, 0.15) is 6.04 Å². The first-order valence-electron chi connectivity index (χ1n) is 15.5. The molecule has 2 aromatic carbocycles. The number of carbonyl (C=O) groups excluding carboxylic acids is 4. The minimum atomic E-state index is -0.863. The number of amides is 4. The van der Waals surface area contributed by atoms with Crippen LogP contribution in [0.15, 0.2) is 60.7 Å². The van der Waals surface area contributed by atoms with Crippen LogP contribution >= 0.6 is 0 Å². The van der Waals surface area contributed by atoms with Crippen molar-refractivity contribution in [3.63, 3.8) is 0 Å². The maximum atomic E-state index is 13.7. The average molecular weight is 627 g/mol. The monoisotopic (exact) mass is 626 g/mol. The Bertz CT molecular complexity index is 1150. The van der Waals surface area contributed by atoms with Gasteiger partial charge in [0.05, 0.1) is 39.6 Å². The van der Waals surface area contributed by atoms with Crippen LogP contribution < -0.4 is 21.3 Å². The molecule has 1 saturated carbocycles. The molecule has 6 N–H and O–H groups in total. The Balaban J connectivity index is 1.70. The highest BCUT2D eigenvalue weighted by Crippen LogP contribution is 2.34. The second-order valence-corrected chi connectivity index (χ2v) is 11.0. The van der Waals surface area contributed by atoms with Gasteiger partial charge in [0, 0.05) is 43.8 Å². The van der Waals surface area contributed by atoms with Gasteiger partial charge in [0.25, 0.3) is 0 Å². The number of aliphatic hydroxyl groups is 2. The predicted molar refractivity (Wildman–Crippen MR) is 167 cm³/mol.